The van der Waals surface area contributed by atoms with Crippen molar-refractivity contribution in [3.05, 3.63) is 48.5 Å². The molecular weight excluding hydrogens is 444 g/mol. The number of primary sulfonamides is 1. The average Bonchev–Trinajstić information content (AvgIpc) is 2.82. The highest BCUT2D eigenvalue weighted by molar-refractivity contribution is 7.89. The number of hydrogen-bond acceptors (Lipinski definition) is 6. The molecule has 0 aliphatic carbocycles. The molecule has 4 rings (SSSR count). The lowest BCUT2D eigenvalue weighted by Gasteiger charge is -2.38. The topological polar surface area (TPSA) is 122 Å². The summed E-state index contributed by atoms with van der Waals surface area (Å²) in [6.45, 7) is 2.24. The molecule has 2 heterocycles. The lowest BCUT2D eigenvalue weighted by molar-refractivity contribution is -0.139. The maximum atomic E-state index is 13.0. The number of piperidine rings is 1. The fourth-order valence-electron chi connectivity index (χ4n) is 4.18. The summed E-state index contributed by atoms with van der Waals surface area (Å²) >= 11 is 0. The minimum Gasteiger partial charge on any atom is -0.477 e. The van der Waals surface area contributed by atoms with E-state index in [2.05, 4.69) is 5.32 Å². The van der Waals surface area contributed by atoms with Gasteiger partial charge in [-0.05, 0) is 49.6 Å². The van der Waals surface area contributed by atoms with Gasteiger partial charge in [0, 0.05) is 31.7 Å². The zero-order chi connectivity index (χ0) is 23.4. The van der Waals surface area contributed by atoms with Gasteiger partial charge in [0.25, 0.3) is 5.91 Å². The number of nitrogens with two attached hydrogens (primary N) is 1. The van der Waals surface area contributed by atoms with Crippen LogP contribution in [0.3, 0.4) is 0 Å². The minimum atomic E-state index is -3.86. The number of nitrogens with zero attached hydrogens (tertiary/aromatic N) is 2. The van der Waals surface area contributed by atoms with Gasteiger partial charge in [-0.15, -0.1) is 0 Å². The van der Waals surface area contributed by atoms with Crippen molar-refractivity contribution in [2.24, 2.45) is 5.14 Å². The van der Waals surface area contributed by atoms with Crippen LogP contribution in [0.2, 0.25) is 0 Å². The van der Waals surface area contributed by atoms with Crippen molar-refractivity contribution in [1.82, 2.24) is 4.90 Å². The Morgan fingerprint density at radius 2 is 1.82 bits per heavy atom. The third kappa shape index (κ3) is 5.63. The van der Waals surface area contributed by atoms with Gasteiger partial charge >= 0.3 is 0 Å². The Hall–Kier alpha value is -3.11. The van der Waals surface area contributed by atoms with E-state index in [0.717, 1.165) is 38.0 Å². The van der Waals surface area contributed by atoms with Crippen molar-refractivity contribution >= 4 is 33.2 Å². The van der Waals surface area contributed by atoms with E-state index in [0.29, 0.717) is 24.5 Å². The van der Waals surface area contributed by atoms with Gasteiger partial charge in [0.15, 0.2) is 6.10 Å². The molecule has 1 atom stereocenters. The van der Waals surface area contributed by atoms with Gasteiger partial charge in [-0.1, -0.05) is 18.2 Å². The number of fused-ring (bicyclic) bond motifs is 1. The number of amides is 2. The van der Waals surface area contributed by atoms with Gasteiger partial charge < -0.3 is 19.9 Å². The highest BCUT2D eigenvalue weighted by Crippen LogP contribution is 2.33. The average molecular weight is 473 g/mol. The van der Waals surface area contributed by atoms with Crippen molar-refractivity contribution < 1.29 is 22.7 Å². The van der Waals surface area contributed by atoms with Crippen molar-refractivity contribution in [2.45, 2.75) is 36.7 Å². The molecule has 176 valence electrons. The molecule has 2 aliphatic heterocycles. The van der Waals surface area contributed by atoms with Crippen molar-refractivity contribution in [2.75, 3.05) is 36.4 Å². The first kappa shape index (κ1) is 23.1. The molecule has 2 aromatic rings. The maximum absolute atomic E-state index is 13.0. The Morgan fingerprint density at radius 3 is 2.58 bits per heavy atom. The van der Waals surface area contributed by atoms with Gasteiger partial charge in [-0.2, -0.15) is 0 Å². The summed E-state index contributed by atoms with van der Waals surface area (Å²) in [6.07, 6.45) is 2.68. The first-order valence-corrected chi connectivity index (χ1v) is 12.6. The summed E-state index contributed by atoms with van der Waals surface area (Å²) < 4.78 is 29.1. The first-order valence-electron chi connectivity index (χ1n) is 11.0. The lowest BCUT2D eigenvalue weighted by Crippen LogP contribution is -2.51. The Bertz CT molecular complexity index is 1130. The molecule has 9 nitrogen and oxygen atoms in total. The van der Waals surface area contributed by atoms with E-state index in [1.807, 2.05) is 34.1 Å². The number of sulfonamides is 1. The Balaban J connectivity index is 1.42. The predicted octanol–water partition coefficient (Wildman–Crippen LogP) is 1.94. The Morgan fingerprint density at radius 1 is 1.06 bits per heavy atom. The second-order valence-electron chi connectivity index (χ2n) is 8.28. The second kappa shape index (κ2) is 9.80. The van der Waals surface area contributed by atoms with Crippen LogP contribution in [0.5, 0.6) is 5.75 Å². The molecule has 10 heteroatoms. The monoisotopic (exact) mass is 472 g/mol. The number of benzene rings is 2. The number of carbonyl (C=O) groups is 2. The molecule has 0 radical (unpaired) electrons. The van der Waals surface area contributed by atoms with Crippen LogP contribution in [0.15, 0.2) is 53.4 Å². The van der Waals surface area contributed by atoms with Crippen LogP contribution in [0.1, 0.15) is 25.7 Å². The molecule has 1 unspecified atom stereocenters. The van der Waals surface area contributed by atoms with Crippen LogP contribution in [-0.4, -0.2) is 57.4 Å². The fourth-order valence-corrected chi connectivity index (χ4v) is 4.74. The molecule has 0 spiro atoms. The molecule has 33 heavy (non-hydrogen) atoms. The molecule has 1 saturated heterocycles. The molecule has 2 aliphatic rings. The predicted molar refractivity (Wildman–Crippen MR) is 125 cm³/mol. The SMILES string of the molecule is NS(=O)(=O)c1cccc(NC(=O)CCN2CC(C(=O)N3CCCCC3)Oc3ccccc32)c1. The van der Waals surface area contributed by atoms with Crippen molar-refractivity contribution in [3.63, 3.8) is 0 Å². The maximum Gasteiger partial charge on any atom is 0.265 e. The number of para-hydroxylation sites is 2. The number of hydrogen-bond donors (Lipinski definition) is 2. The highest BCUT2D eigenvalue weighted by Gasteiger charge is 2.34. The van der Waals surface area contributed by atoms with Crippen LogP contribution >= 0.6 is 0 Å². The normalized spacial score (nSPS) is 18.3. The van der Waals surface area contributed by atoms with Gasteiger partial charge in [-0.25, -0.2) is 13.6 Å². The largest absolute Gasteiger partial charge is 0.477 e. The van der Waals surface area contributed by atoms with Gasteiger partial charge in [0.05, 0.1) is 17.1 Å². The van der Waals surface area contributed by atoms with E-state index in [1.54, 1.807) is 6.07 Å². The summed E-state index contributed by atoms with van der Waals surface area (Å²) in [6, 6.07) is 13.3. The summed E-state index contributed by atoms with van der Waals surface area (Å²) in [7, 11) is -3.86. The first-order chi connectivity index (χ1) is 15.8. The number of ether oxygens (including phenoxy) is 1. The molecule has 2 aromatic carbocycles. The van der Waals surface area contributed by atoms with E-state index >= 15 is 0 Å². The number of rotatable bonds is 6. The van der Waals surface area contributed by atoms with Gasteiger partial charge in [-0.3, -0.25) is 9.59 Å². The van der Waals surface area contributed by atoms with Crippen LogP contribution < -0.4 is 20.1 Å². The van der Waals surface area contributed by atoms with Crippen molar-refractivity contribution in [3.8, 4) is 5.75 Å². The number of anilines is 2. The third-order valence-corrected chi connectivity index (χ3v) is 6.77. The van der Waals surface area contributed by atoms with Crippen LogP contribution in [0, 0.1) is 0 Å². The number of carbonyl (C=O) groups excluding carboxylic acids is 2. The number of likely N-dealkylation sites (tertiary alicyclic amines) is 1. The summed E-state index contributed by atoms with van der Waals surface area (Å²) in [4.78, 5) is 29.4. The Labute approximate surface area is 193 Å². The van der Waals surface area contributed by atoms with Crippen LogP contribution in [-0.2, 0) is 19.6 Å². The highest BCUT2D eigenvalue weighted by atomic mass is 32.2. The standard InChI is InChI=1S/C23H28N4O5S/c24-33(30,31)18-8-6-7-17(15-18)25-22(28)11-14-27-16-21(23(29)26-12-4-1-5-13-26)32-20-10-3-2-9-19(20)27/h2-3,6-10,15,21H,1,4-5,11-14,16H2,(H,25,28)(H2,24,30,31). The van der Waals surface area contributed by atoms with E-state index in [1.165, 1.54) is 18.2 Å². The van der Waals surface area contributed by atoms with E-state index in [9.17, 15) is 18.0 Å². The van der Waals surface area contributed by atoms with Crippen LogP contribution in [0.4, 0.5) is 11.4 Å². The molecule has 3 N–H and O–H groups in total. The molecule has 0 aromatic heterocycles. The molecule has 0 saturated carbocycles. The van der Waals surface area contributed by atoms with Gasteiger partial charge in [0.1, 0.15) is 5.75 Å². The smallest absolute Gasteiger partial charge is 0.265 e. The van der Waals surface area contributed by atoms with E-state index in [4.69, 9.17) is 9.88 Å². The number of nitrogens with one attached hydrogen (secondary N) is 1. The zero-order valence-corrected chi connectivity index (χ0v) is 19.1. The van der Waals surface area contributed by atoms with Crippen LogP contribution in [0.25, 0.3) is 0 Å². The Kier molecular flexibility index (Phi) is 6.85. The quantitative estimate of drug-likeness (QED) is 0.663. The molecular formula is C23H28N4O5S. The van der Waals surface area contributed by atoms with E-state index < -0.39 is 16.1 Å². The molecule has 2 amide bonds. The second-order valence-corrected chi connectivity index (χ2v) is 9.84. The molecule has 0 bridgehead atoms. The van der Waals surface area contributed by atoms with Crippen molar-refractivity contribution in [1.29, 1.82) is 0 Å². The van der Waals surface area contributed by atoms with E-state index in [-0.39, 0.29) is 23.1 Å². The lowest BCUT2D eigenvalue weighted by atomic mass is 10.1. The van der Waals surface area contributed by atoms with Gasteiger partial charge in [0.2, 0.25) is 15.9 Å². The fraction of sp³-hybridized carbons (Fsp3) is 0.391. The molecule has 1 fully saturated rings. The third-order valence-electron chi connectivity index (χ3n) is 5.86. The summed E-state index contributed by atoms with van der Waals surface area (Å²) in [5.41, 5.74) is 1.19. The minimum absolute atomic E-state index is 0.0153. The summed E-state index contributed by atoms with van der Waals surface area (Å²) in [5.74, 6) is 0.336. The summed E-state index contributed by atoms with van der Waals surface area (Å²) in [5, 5.41) is 7.87. The zero-order valence-electron chi connectivity index (χ0n) is 18.3.